The number of pyridine rings is 1. The average Bonchev–Trinajstić information content (AvgIpc) is 3.36. The molecule has 47 heavy (non-hydrogen) atoms. The second-order valence-corrected chi connectivity index (χ2v) is 12.9. The van der Waals surface area contributed by atoms with Crippen LogP contribution in [0.25, 0.3) is 77.7 Å². The highest BCUT2D eigenvalue weighted by Gasteiger charge is 2.35. The Morgan fingerprint density at radius 2 is 1.11 bits per heavy atom. The average molecular weight is 602 g/mol. The van der Waals surface area contributed by atoms with E-state index in [2.05, 4.69) is 140 Å². The van der Waals surface area contributed by atoms with Crippen LogP contribution in [0.3, 0.4) is 0 Å². The molecule has 1 aliphatic rings. The molecule has 0 N–H and O–H groups in total. The molecule has 6 aromatic carbocycles. The largest absolute Gasteiger partial charge is 0.265 e. The third-order valence-electron chi connectivity index (χ3n) is 9.79. The minimum Gasteiger partial charge on any atom is -0.265 e. The van der Waals surface area contributed by atoms with Crippen molar-refractivity contribution in [1.29, 1.82) is 0 Å². The lowest BCUT2D eigenvalue weighted by atomic mass is 9.81. The molecule has 222 valence electrons. The number of hydrogen-bond acceptors (Lipinski definition) is 3. The first-order valence-corrected chi connectivity index (χ1v) is 16.1. The highest BCUT2D eigenvalue weighted by atomic mass is 14.9. The Kier molecular flexibility index (Phi) is 6.16. The fourth-order valence-electron chi connectivity index (χ4n) is 7.36. The lowest BCUT2D eigenvalue weighted by Gasteiger charge is -2.22. The van der Waals surface area contributed by atoms with E-state index in [4.69, 9.17) is 9.97 Å². The molecule has 0 amide bonds. The molecule has 0 saturated heterocycles. The van der Waals surface area contributed by atoms with Crippen molar-refractivity contribution in [2.75, 3.05) is 0 Å². The van der Waals surface area contributed by atoms with Crippen LogP contribution in [-0.4, -0.2) is 15.0 Å². The van der Waals surface area contributed by atoms with Gasteiger partial charge in [0.2, 0.25) is 0 Å². The summed E-state index contributed by atoms with van der Waals surface area (Å²) in [5.41, 5.74) is 12.5. The maximum absolute atomic E-state index is 5.22. The van der Waals surface area contributed by atoms with E-state index in [1.165, 1.54) is 43.8 Å². The first-order chi connectivity index (χ1) is 23.0. The van der Waals surface area contributed by atoms with Crippen molar-refractivity contribution in [2.24, 2.45) is 0 Å². The van der Waals surface area contributed by atoms with Crippen LogP contribution < -0.4 is 0 Å². The Morgan fingerprint density at radius 3 is 1.91 bits per heavy atom. The van der Waals surface area contributed by atoms with Gasteiger partial charge in [-0.3, -0.25) is 4.98 Å². The van der Waals surface area contributed by atoms with Gasteiger partial charge in [-0.05, 0) is 91.3 Å². The van der Waals surface area contributed by atoms with Gasteiger partial charge in [0.05, 0.1) is 11.4 Å². The molecule has 3 heteroatoms. The fraction of sp³-hybridized carbons (Fsp3) is 0.0682. The monoisotopic (exact) mass is 601 g/mol. The van der Waals surface area contributed by atoms with Crippen molar-refractivity contribution in [1.82, 2.24) is 15.0 Å². The highest BCUT2D eigenvalue weighted by molar-refractivity contribution is 6.10. The molecule has 2 aromatic heterocycles. The van der Waals surface area contributed by atoms with Crippen LogP contribution in [0.15, 0.2) is 152 Å². The zero-order valence-electron chi connectivity index (χ0n) is 26.3. The normalized spacial score (nSPS) is 13.1. The smallest absolute Gasteiger partial charge is 0.160 e. The number of rotatable bonds is 4. The van der Waals surface area contributed by atoms with Gasteiger partial charge in [-0.1, -0.05) is 117 Å². The summed E-state index contributed by atoms with van der Waals surface area (Å²) >= 11 is 0. The Bertz CT molecular complexity index is 2480. The van der Waals surface area contributed by atoms with Crippen molar-refractivity contribution in [2.45, 2.75) is 19.3 Å². The molecule has 8 aromatic rings. The summed E-state index contributed by atoms with van der Waals surface area (Å²) in [6, 6.07) is 49.8. The SMILES string of the molecule is CC1(C)c2ccccc2-c2cc3ccc4cc(-c5nc(-c6ccccc6)cc(-c6ccccc6-c6ccncc6)n5)ccc4c3cc21. The molecule has 0 fully saturated rings. The first kappa shape index (κ1) is 27.4. The summed E-state index contributed by atoms with van der Waals surface area (Å²) in [4.78, 5) is 14.6. The Morgan fingerprint density at radius 1 is 0.426 bits per heavy atom. The van der Waals surface area contributed by atoms with Crippen molar-refractivity contribution in [3.05, 3.63) is 163 Å². The van der Waals surface area contributed by atoms with Crippen LogP contribution in [0.4, 0.5) is 0 Å². The first-order valence-electron chi connectivity index (χ1n) is 16.1. The Balaban J connectivity index is 1.21. The zero-order chi connectivity index (χ0) is 31.5. The van der Waals surface area contributed by atoms with Crippen LogP contribution in [0, 0.1) is 0 Å². The van der Waals surface area contributed by atoms with Crippen LogP contribution in [-0.2, 0) is 5.41 Å². The maximum Gasteiger partial charge on any atom is 0.160 e. The minimum absolute atomic E-state index is 0.0447. The van der Waals surface area contributed by atoms with Gasteiger partial charge in [0.25, 0.3) is 0 Å². The quantitative estimate of drug-likeness (QED) is 0.188. The summed E-state index contributed by atoms with van der Waals surface area (Å²) in [7, 11) is 0. The minimum atomic E-state index is -0.0447. The molecule has 0 spiro atoms. The van der Waals surface area contributed by atoms with Gasteiger partial charge in [-0.15, -0.1) is 0 Å². The predicted octanol–water partition coefficient (Wildman–Crippen LogP) is 11.2. The summed E-state index contributed by atoms with van der Waals surface area (Å²) in [5, 5.41) is 4.95. The van der Waals surface area contributed by atoms with Crippen molar-refractivity contribution in [3.8, 4) is 56.2 Å². The van der Waals surface area contributed by atoms with Crippen LogP contribution in [0.2, 0.25) is 0 Å². The molecule has 0 bridgehead atoms. The molecule has 1 aliphatic carbocycles. The van der Waals surface area contributed by atoms with Gasteiger partial charge < -0.3 is 0 Å². The molecule has 3 nitrogen and oxygen atoms in total. The Labute approximate surface area is 274 Å². The second kappa shape index (κ2) is 10.6. The van der Waals surface area contributed by atoms with Crippen LogP contribution >= 0.6 is 0 Å². The highest BCUT2D eigenvalue weighted by Crippen LogP contribution is 2.50. The molecule has 0 unspecified atom stereocenters. The molecular weight excluding hydrogens is 571 g/mol. The third kappa shape index (κ3) is 4.46. The number of benzene rings is 6. The summed E-state index contributed by atoms with van der Waals surface area (Å²) in [6.45, 7) is 4.68. The molecular formula is C44H31N3. The van der Waals surface area contributed by atoms with Crippen LogP contribution in [0.1, 0.15) is 25.0 Å². The number of hydrogen-bond donors (Lipinski definition) is 0. The van der Waals surface area contributed by atoms with E-state index in [0.717, 1.165) is 39.2 Å². The van der Waals surface area contributed by atoms with E-state index in [1.54, 1.807) is 0 Å². The lowest BCUT2D eigenvalue weighted by Crippen LogP contribution is -2.14. The van der Waals surface area contributed by atoms with Crippen molar-refractivity contribution in [3.63, 3.8) is 0 Å². The van der Waals surface area contributed by atoms with Gasteiger partial charge in [0.15, 0.2) is 5.82 Å². The van der Waals surface area contributed by atoms with E-state index in [1.807, 2.05) is 30.6 Å². The molecule has 0 saturated carbocycles. The lowest BCUT2D eigenvalue weighted by molar-refractivity contribution is 0.661. The third-order valence-corrected chi connectivity index (χ3v) is 9.79. The standard InChI is InChI=1S/C44H31N3/c1-44(2)39-15-9-8-13-35(39)38-25-31-17-16-30-24-32(18-19-34(30)37(31)26-40(38)44)43-46-41(29-10-4-3-5-11-29)27-42(47-43)36-14-7-6-12-33(36)28-20-22-45-23-21-28/h3-27H,1-2H3. The summed E-state index contributed by atoms with van der Waals surface area (Å²) < 4.78 is 0. The van der Waals surface area contributed by atoms with Crippen molar-refractivity contribution < 1.29 is 0 Å². The maximum atomic E-state index is 5.22. The molecule has 2 heterocycles. The Hall–Kier alpha value is -5.93. The predicted molar refractivity (Wildman–Crippen MR) is 194 cm³/mol. The summed E-state index contributed by atoms with van der Waals surface area (Å²) in [5.74, 6) is 0.707. The van der Waals surface area contributed by atoms with Crippen LogP contribution in [0.5, 0.6) is 0 Å². The second-order valence-electron chi connectivity index (χ2n) is 12.9. The fourth-order valence-corrected chi connectivity index (χ4v) is 7.36. The zero-order valence-corrected chi connectivity index (χ0v) is 26.3. The van der Waals surface area contributed by atoms with E-state index in [9.17, 15) is 0 Å². The summed E-state index contributed by atoms with van der Waals surface area (Å²) in [6.07, 6.45) is 3.67. The van der Waals surface area contributed by atoms with Gasteiger partial charge >= 0.3 is 0 Å². The van der Waals surface area contributed by atoms with Gasteiger partial charge in [-0.2, -0.15) is 0 Å². The molecule has 0 atom stereocenters. The van der Waals surface area contributed by atoms with Gasteiger partial charge in [0, 0.05) is 34.5 Å². The number of nitrogens with zero attached hydrogens (tertiary/aromatic N) is 3. The number of aromatic nitrogens is 3. The molecule has 9 rings (SSSR count). The molecule has 0 aliphatic heterocycles. The van der Waals surface area contributed by atoms with Gasteiger partial charge in [0.1, 0.15) is 0 Å². The van der Waals surface area contributed by atoms with E-state index in [-0.39, 0.29) is 5.41 Å². The topological polar surface area (TPSA) is 38.7 Å². The molecule has 0 radical (unpaired) electrons. The van der Waals surface area contributed by atoms with E-state index < -0.39 is 0 Å². The van der Waals surface area contributed by atoms with Crippen molar-refractivity contribution >= 4 is 21.5 Å². The van der Waals surface area contributed by atoms with E-state index in [0.29, 0.717) is 5.82 Å². The van der Waals surface area contributed by atoms with E-state index >= 15 is 0 Å². The number of fused-ring (bicyclic) bond motifs is 6. The van der Waals surface area contributed by atoms with Gasteiger partial charge in [-0.25, -0.2) is 9.97 Å².